The summed E-state index contributed by atoms with van der Waals surface area (Å²) < 4.78 is 7.32. The van der Waals surface area contributed by atoms with Crippen LogP contribution in [-0.2, 0) is 0 Å². The fourth-order valence-electron chi connectivity index (χ4n) is 1.61. The Kier molecular flexibility index (Phi) is 1.76. The third kappa shape index (κ3) is 1.39. The van der Waals surface area contributed by atoms with Crippen LogP contribution in [0, 0.1) is 4.84 Å². The van der Waals surface area contributed by atoms with E-state index in [-0.39, 0.29) is 0 Å². The Morgan fingerprint density at radius 3 is 2.80 bits per heavy atom. The molecule has 0 spiro atoms. The molecule has 15 heavy (non-hydrogen) atoms. The van der Waals surface area contributed by atoms with Gasteiger partial charge in [-0.3, -0.25) is 0 Å². The zero-order valence-electron chi connectivity index (χ0n) is 7.81. The van der Waals surface area contributed by atoms with E-state index >= 15 is 0 Å². The second-order valence-corrected chi connectivity index (χ2v) is 3.66. The van der Waals surface area contributed by atoms with Crippen LogP contribution in [0.5, 0.6) is 0 Å². The lowest BCUT2D eigenvalue weighted by atomic mass is 10.3. The Balaban J connectivity index is 2.26. The van der Waals surface area contributed by atoms with E-state index in [0.717, 1.165) is 16.8 Å². The van der Waals surface area contributed by atoms with Gasteiger partial charge in [-0.2, -0.15) is 0 Å². The molecular formula is C11H8N2OS. The third-order valence-electron chi connectivity index (χ3n) is 2.31. The smallest absolute Gasteiger partial charge is 0.266 e. The van der Waals surface area contributed by atoms with E-state index in [4.69, 9.17) is 16.6 Å². The topological polar surface area (TPSA) is 33.9 Å². The van der Waals surface area contributed by atoms with Gasteiger partial charge in [-0.05, 0) is 42.5 Å². The average molecular weight is 216 g/mol. The highest BCUT2D eigenvalue weighted by molar-refractivity contribution is 7.71. The summed E-state index contributed by atoms with van der Waals surface area (Å²) in [6.45, 7) is 0. The number of H-pyrrole nitrogens is 1. The van der Waals surface area contributed by atoms with Crippen molar-refractivity contribution in [2.24, 2.45) is 0 Å². The molecule has 1 N–H and O–H groups in total. The first-order chi connectivity index (χ1) is 7.33. The second-order valence-electron chi connectivity index (χ2n) is 3.29. The Bertz CT molecular complexity index is 649. The summed E-state index contributed by atoms with van der Waals surface area (Å²) in [5, 5.41) is 0. The molecule has 0 aliphatic heterocycles. The van der Waals surface area contributed by atoms with Gasteiger partial charge in [0.15, 0.2) is 5.58 Å². The molecule has 2 heterocycles. The summed E-state index contributed by atoms with van der Waals surface area (Å²) in [5.74, 6) is 0. The molecule has 0 saturated carbocycles. The number of nitrogens with one attached hydrogen (secondary N) is 1. The van der Waals surface area contributed by atoms with Crippen molar-refractivity contribution in [3.63, 3.8) is 0 Å². The molecule has 0 aliphatic rings. The monoisotopic (exact) mass is 216 g/mol. The number of aromatic amines is 1. The largest absolute Gasteiger partial charge is 0.429 e. The van der Waals surface area contributed by atoms with Crippen LogP contribution in [0.4, 0.5) is 0 Å². The van der Waals surface area contributed by atoms with Crippen molar-refractivity contribution in [3.8, 4) is 5.69 Å². The number of benzene rings is 1. The number of hydrogen-bond donors (Lipinski definition) is 1. The van der Waals surface area contributed by atoms with Crippen molar-refractivity contribution in [2.45, 2.75) is 0 Å². The zero-order valence-corrected chi connectivity index (χ0v) is 8.62. The normalized spacial score (nSPS) is 10.9. The SMILES string of the molecule is S=c1[nH]c2cc(-n3cccc3)ccc2o1. The Labute approximate surface area is 91.0 Å². The van der Waals surface area contributed by atoms with Gasteiger partial charge in [0.05, 0.1) is 5.52 Å². The zero-order chi connectivity index (χ0) is 10.3. The number of hydrogen-bond acceptors (Lipinski definition) is 2. The van der Waals surface area contributed by atoms with Crippen molar-refractivity contribution in [1.29, 1.82) is 0 Å². The highest BCUT2D eigenvalue weighted by atomic mass is 32.1. The lowest BCUT2D eigenvalue weighted by molar-refractivity contribution is 0.583. The van der Waals surface area contributed by atoms with Gasteiger partial charge in [0, 0.05) is 18.1 Å². The van der Waals surface area contributed by atoms with E-state index in [1.54, 1.807) is 0 Å². The summed E-state index contributed by atoms with van der Waals surface area (Å²) in [4.78, 5) is 3.41. The van der Waals surface area contributed by atoms with E-state index in [9.17, 15) is 0 Å². The fraction of sp³-hybridized carbons (Fsp3) is 0. The first-order valence-corrected chi connectivity index (χ1v) is 5.00. The van der Waals surface area contributed by atoms with Gasteiger partial charge in [-0.15, -0.1) is 0 Å². The van der Waals surface area contributed by atoms with E-state index in [2.05, 4.69) is 4.98 Å². The molecule has 0 amide bonds. The summed E-state index contributed by atoms with van der Waals surface area (Å²) in [7, 11) is 0. The Hall–Kier alpha value is -1.81. The molecule has 74 valence electrons. The van der Waals surface area contributed by atoms with Crippen LogP contribution in [0.2, 0.25) is 0 Å². The van der Waals surface area contributed by atoms with Gasteiger partial charge in [-0.25, -0.2) is 0 Å². The second kappa shape index (κ2) is 3.10. The lowest BCUT2D eigenvalue weighted by Crippen LogP contribution is -1.88. The highest BCUT2D eigenvalue weighted by Gasteiger charge is 2.00. The molecule has 3 aromatic rings. The Morgan fingerprint density at radius 2 is 2.00 bits per heavy atom. The number of aromatic nitrogens is 2. The highest BCUT2D eigenvalue weighted by Crippen LogP contribution is 2.17. The molecule has 2 aromatic heterocycles. The van der Waals surface area contributed by atoms with Crippen molar-refractivity contribution in [2.75, 3.05) is 0 Å². The van der Waals surface area contributed by atoms with E-state index < -0.39 is 0 Å². The molecule has 4 heteroatoms. The molecule has 0 saturated heterocycles. The minimum Gasteiger partial charge on any atom is -0.429 e. The molecule has 0 atom stereocenters. The first kappa shape index (κ1) is 8.49. The van der Waals surface area contributed by atoms with Gasteiger partial charge in [0.1, 0.15) is 0 Å². The first-order valence-electron chi connectivity index (χ1n) is 4.59. The van der Waals surface area contributed by atoms with Gasteiger partial charge in [0.2, 0.25) is 0 Å². The molecule has 0 unspecified atom stereocenters. The number of rotatable bonds is 1. The summed E-state index contributed by atoms with van der Waals surface area (Å²) in [6.07, 6.45) is 3.99. The molecule has 0 aliphatic carbocycles. The van der Waals surface area contributed by atoms with Crippen molar-refractivity contribution >= 4 is 23.3 Å². The number of fused-ring (bicyclic) bond motifs is 1. The predicted octanol–water partition coefficient (Wildman–Crippen LogP) is 3.28. The molecule has 0 radical (unpaired) electrons. The molecular weight excluding hydrogens is 208 g/mol. The average Bonchev–Trinajstić information content (AvgIpc) is 2.82. The van der Waals surface area contributed by atoms with Crippen molar-refractivity contribution in [1.82, 2.24) is 9.55 Å². The summed E-state index contributed by atoms with van der Waals surface area (Å²) in [5.41, 5.74) is 2.79. The van der Waals surface area contributed by atoms with E-state index in [1.807, 2.05) is 47.3 Å². The minimum atomic E-state index is 0.412. The van der Waals surface area contributed by atoms with Crippen LogP contribution >= 0.6 is 12.2 Å². The molecule has 0 bridgehead atoms. The number of oxazole rings is 1. The lowest BCUT2D eigenvalue weighted by Gasteiger charge is -2.01. The summed E-state index contributed by atoms with van der Waals surface area (Å²) in [6, 6.07) is 9.89. The number of nitrogens with zero attached hydrogens (tertiary/aromatic N) is 1. The minimum absolute atomic E-state index is 0.412. The maximum atomic E-state index is 5.29. The quantitative estimate of drug-likeness (QED) is 0.633. The maximum absolute atomic E-state index is 5.29. The molecule has 1 aromatic carbocycles. The van der Waals surface area contributed by atoms with Crippen LogP contribution in [0.1, 0.15) is 0 Å². The van der Waals surface area contributed by atoms with Crippen LogP contribution in [-0.4, -0.2) is 9.55 Å². The van der Waals surface area contributed by atoms with Gasteiger partial charge in [0.25, 0.3) is 4.84 Å². The Morgan fingerprint density at radius 1 is 1.20 bits per heavy atom. The molecule has 3 rings (SSSR count). The van der Waals surface area contributed by atoms with Gasteiger partial charge < -0.3 is 14.0 Å². The van der Waals surface area contributed by atoms with E-state index in [1.165, 1.54) is 0 Å². The van der Waals surface area contributed by atoms with Crippen LogP contribution in [0.3, 0.4) is 0 Å². The third-order valence-corrected chi connectivity index (χ3v) is 2.49. The van der Waals surface area contributed by atoms with Crippen LogP contribution in [0.25, 0.3) is 16.8 Å². The molecule has 0 fully saturated rings. The van der Waals surface area contributed by atoms with Gasteiger partial charge >= 0.3 is 0 Å². The van der Waals surface area contributed by atoms with Crippen LogP contribution in [0.15, 0.2) is 47.1 Å². The van der Waals surface area contributed by atoms with E-state index in [0.29, 0.717) is 4.84 Å². The van der Waals surface area contributed by atoms with Gasteiger partial charge in [-0.1, -0.05) is 0 Å². The van der Waals surface area contributed by atoms with Crippen LogP contribution < -0.4 is 0 Å². The van der Waals surface area contributed by atoms with Crippen molar-refractivity contribution in [3.05, 3.63) is 47.6 Å². The maximum Gasteiger partial charge on any atom is 0.266 e. The molecule has 3 nitrogen and oxygen atoms in total. The fourth-order valence-corrected chi connectivity index (χ4v) is 1.81. The predicted molar refractivity (Wildman–Crippen MR) is 60.7 cm³/mol. The standard InChI is InChI=1S/C11H8N2OS/c15-11-12-9-7-8(3-4-10(9)14-11)13-5-1-2-6-13/h1-7H,(H,12,15). The van der Waals surface area contributed by atoms with Crippen molar-refractivity contribution < 1.29 is 4.42 Å². The summed E-state index contributed by atoms with van der Waals surface area (Å²) >= 11 is 4.93.